The molecule has 3 aromatic carbocycles. The lowest BCUT2D eigenvalue weighted by Gasteiger charge is -2.20. The van der Waals surface area contributed by atoms with Crippen LogP contribution in [0.1, 0.15) is 22.8 Å². The van der Waals surface area contributed by atoms with Crippen LogP contribution in [0.3, 0.4) is 0 Å². The van der Waals surface area contributed by atoms with Gasteiger partial charge in [-0.05, 0) is 42.0 Å². The molecule has 1 aromatic heterocycles. The van der Waals surface area contributed by atoms with Gasteiger partial charge in [0.05, 0.1) is 38.1 Å². The van der Waals surface area contributed by atoms with Gasteiger partial charge < -0.3 is 23.7 Å². The monoisotopic (exact) mass is 489 g/mol. The summed E-state index contributed by atoms with van der Waals surface area (Å²) in [5.74, 6) is 1.43. The molecule has 1 N–H and O–H groups in total. The predicted molar refractivity (Wildman–Crippen MR) is 136 cm³/mol. The number of methoxy groups -OCH3 is 3. The third kappa shape index (κ3) is 4.10. The van der Waals surface area contributed by atoms with E-state index in [-0.39, 0.29) is 16.6 Å². The number of aromatic hydroxyl groups is 1. The molecule has 8 heteroatoms. The van der Waals surface area contributed by atoms with Crippen LogP contribution in [0, 0.1) is 0 Å². The van der Waals surface area contributed by atoms with Gasteiger partial charge in [0.1, 0.15) is 16.9 Å². The first-order chi connectivity index (χ1) is 17.0. The summed E-state index contributed by atoms with van der Waals surface area (Å²) in [6.45, 7) is 0. The normalized spacial score (nSPS) is 15.2. The molecule has 1 atom stereocenters. The molecule has 1 aliphatic rings. The maximum Gasteiger partial charge on any atom is 0.349 e. The highest BCUT2D eigenvalue weighted by molar-refractivity contribution is 7.99. The topological polar surface area (TPSA) is 90.5 Å². The van der Waals surface area contributed by atoms with Crippen LogP contribution in [0.4, 0.5) is 5.69 Å². The summed E-state index contributed by atoms with van der Waals surface area (Å²) in [4.78, 5) is 18.8. The largest absolute Gasteiger partial charge is 0.506 e. The second kappa shape index (κ2) is 9.38. The van der Waals surface area contributed by atoms with Gasteiger partial charge in [-0.15, -0.1) is 11.8 Å². The van der Waals surface area contributed by atoms with Crippen molar-refractivity contribution in [3.05, 3.63) is 82.2 Å². The zero-order valence-corrected chi connectivity index (χ0v) is 20.2. The van der Waals surface area contributed by atoms with Crippen LogP contribution < -0.4 is 19.8 Å². The van der Waals surface area contributed by atoms with Crippen LogP contribution in [0.25, 0.3) is 11.0 Å². The third-order valence-corrected chi connectivity index (χ3v) is 7.22. The van der Waals surface area contributed by atoms with E-state index >= 15 is 0 Å². The van der Waals surface area contributed by atoms with Crippen LogP contribution >= 0.6 is 11.8 Å². The fraction of sp³-hybridized carbons (Fsp3) is 0.185. The quantitative estimate of drug-likeness (QED) is 0.350. The Morgan fingerprint density at radius 2 is 1.66 bits per heavy atom. The van der Waals surface area contributed by atoms with Gasteiger partial charge in [-0.3, -0.25) is 4.99 Å². The molecule has 0 bridgehead atoms. The molecule has 0 amide bonds. The molecular weight excluding hydrogens is 466 g/mol. The first-order valence-corrected chi connectivity index (χ1v) is 11.8. The molecule has 2 heterocycles. The van der Waals surface area contributed by atoms with Crippen molar-refractivity contribution in [2.24, 2.45) is 4.99 Å². The van der Waals surface area contributed by atoms with Crippen LogP contribution in [-0.2, 0) is 0 Å². The third-order valence-electron chi connectivity index (χ3n) is 5.90. The van der Waals surface area contributed by atoms with E-state index in [1.165, 1.54) is 0 Å². The number of nitrogens with zero attached hydrogens (tertiary/aromatic N) is 1. The minimum Gasteiger partial charge on any atom is -0.506 e. The molecule has 0 radical (unpaired) electrons. The number of thioether (sulfide) groups is 1. The summed E-state index contributed by atoms with van der Waals surface area (Å²) in [6, 6.07) is 18.4. The molecule has 7 nitrogen and oxygen atoms in total. The van der Waals surface area contributed by atoms with Gasteiger partial charge in [-0.25, -0.2) is 4.79 Å². The Labute approximate surface area is 206 Å². The molecule has 0 saturated heterocycles. The fourth-order valence-corrected chi connectivity index (χ4v) is 5.44. The van der Waals surface area contributed by atoms with Crippen molar-refractivity contribution in [1.29, 1.82) is 0 Å². The molecule has 0 aliphatic carbocycles. The second-order valence-corrected chi connectivity index (χ2v) is 9.15. The van der Waals surface area contributed by atoms with Crippen molar-refractivity contribution in [3.8, 4) is 23.0 Å². The van der Waals surface area contributed by atoms with Crippen molar-refractivity contribution < 1.29 is 23.7 Å². The van der Waals surface area contributed by atoms with Crippen molar-refractivity contribution in [1.82, 2.24) is 0 Å². The van der Waals surface area contributed by atoms with Gasteiger partial charge in [0, 0.05) is 16.6 Å². The van der Waals surface area contributed by atoms with E-state index < -0.39 is 5.63 Å². The van der Waals surface area contributed by atoms with Crippen LogP contribution in [0.15, 0.2) is 79.8 Å². The van der Waals surface area contributed by atoms with Crippen molar-refractivity contribution in [3.63, 3.8) is 0 Å². The molecule has 178 valence electrons. The number of hydrogen-bond acceptors (Lipinski definition) is 8. The molecule has 1 unspecified atom stereocenters. The second-order valence-electron chi connectivity index (χ2n) is 7.90. The molecule has 0 saturated carbocycles. The highest BCUT2D eigenvalue weighted by Gasteiger charge is 2.28. The van der Waals surface area contributed by atoms with Crippen molar-refractivity contribution in [2.75, 3.05) is 21.3 Å². The van der Waals surface area contributed by atoms with Gasteiger partial charge in [0.25, 0.3) is 0 Å². The van der Waals surface area contributed by atoms with Gasteiger partial charge in [-0.2, -0.15) is 0 Å². The van der Waals surface area contributed by atoms with Crippen LogP contribution in [0.2, 0.25) is 0 Å². The van der Waals surface area contributed by atoms with E-state index in [0.29, 0.717) is 40.4 Å². The summed E-state index contributed by atoms with van der Waals surface area (Å²) in [6.07, 6.45) is 0.356. The van der Waals surface area contributed by atoms with Crippen molar-refractivity contribution in [2.45, 2.75) is 16.6 Å². The Kier molecular flexibility index (Phi) is 6.13. The molecule has 4 aromatic rings. The number of fused-ring (bicyclic) bond motifs is 2. The molecule has 1 aliphatic heterocycles. The molecule has 35 heavy (non-hydrogen) atoms. The standard InChI is InChI=1S/C27H23NO6S/c1-31-20-12-15(13-21(32-2)26(20)33-3)23-14-18(28-17-9-5-7-11-22(17)35-23)24-25(29)16-8-4-6-10-19(16)34-27(24)30/h4-13,23,29H,14H2,1-3H3. The fourth-order valence-electron chi connectivity index (χ4n) is 4.23. The van der Waals surface area contributed by atoms with E-state index in [0.717, 1.165) is 16.1 Å². The lowest BCUT2D eigenvalue weighted by atomic mass is 9.99. The van der Waals surface area contributed by atoms with E-state index in [1.54, 1.807) is 57.4 Å². The first-order valence-electron chi connectivity index (χ1n) is 10.9. The number of rotatable bonds is 5. The summed E-state index contributed by atoms with van der Waals surface area (Å²) < 4.78 is 22.1. The summed E-state index contributed by atoms with van der Waals surface area (Å²) in [7, 11) is 4.70. The molecule has 0 spiro atoms. The maximum absolute atomic E-state index is 13.0. The van der Waals surface area contributed by atoms with Gasteiger partial charge in [0.15, 0.2) is 11.5 Å². The van der Waals surface area contributed by atoms with Gasteiger partial charge >= 0.3 is 5.63 Å². The first kappa shape index (κ1) is 22.9. The lowest BCUT2D eigenvalue weighted by Crippen LogP contribution is -2.16. The van der Waals surface area contributed by atoms with E-state index in [9.17, 15) is 9.90 Å². The smallest absolute Gasteiger partial charge is 0.349 e. The summed E-state index contributed by atoms with van der Waals surface area (Å²) in [5.41, 5.74) is 1.82. The van der Waals surface area contributed by atoms with Gasteiger partial charge in [0.2, 0.25) is 5.75 Å². The summed E-state index contributed by atoms with van der Waals surface area (Å²) >= 11 is 1.62. The number of ether oxygens (including phenoxy) is 3. The zero-order chi connectivity index (χ0) is 24.5. The van der Waals surface area contributed by atoms with Gasteiger partial charge in [-0.1, -0.05) is 24.3 Å². The molecular formula is C27H23NO6S. The van der Waals surface area contributed by atoms with E-state index in [2.05, 4.69) is 0 Å². The Morgan fingerprint density at radius 1 is 0.971 bits per heavy atom. The molecule has 0 fully saturated rings. The lowest BCUT2D eigenvalue weighted by molar-refractivity contribution is 0.324. The Bertz CT molecular complexity index is 1480. The van der Waals surface area contributed by atoms with Crippen LogP contribution in [0.5, 0.6) is 23.0 Å². The van der Waals surface area contributed by atoms with Crippen molar-refractivity contribution >= 4 is 34.1 Å². The van der Waals surface area contributed by atoms with E-state index in [1.807, 2.05) is 36.4 Å². The minimum atomic E-state index is -0.632. The van der Waals surface area contributed by atoms with Crippen LogP contribution in [-0.4, -0.2) is 32.1 Å². The molecule has 5 rings (SSSR count). The Hall–Kier alpha value is -3.91. The Morgan fingerprint density at radius 3 is 2.37 bits per heavy atom. The SMILES string of the molecule is COc1cc(C2CC(c3c(O)c4ccccc4oc3=O)=Nc3ccccc3S2)cc(OC)c1OC. The average molecular weight is 490 g/mol. The number of aliphatic imine (C=N–C) groups is 1. The average Bonchev–Trinajstić information content (AvgIpc) is 3.07. The number of hydrogen-bond donors (Lipinski definition) is 1. The Balaban J connectivity index is 1.70. The highest BCUT2D eigenvalue weighted by atomic mass is 32.2. The number of para-hydroxylation sites is 2. The predicted octanol–water partition coefficient (Wildman–Crippen LogP) is 5.88. The van der Waals surface area contributed by atoms with E-state index in [4.69, 9.17) is 23.6 Å². The zero-order valence-electron chi connectivity index (χ0n) is 19.4. The minimum absolute atomic E-state index is 0.0680. The number of benzene rings is 3. The maximum atomic E-state index is 13.0. The summed E-state index contributed by atoms with van der Waals surface area (Å²) in [5, 5.41) is 11.4. The highest BCUT2D eigenvalue weighted by Crippen LogP contribution is 2.49.